The van der Waals surface area contributed by atoms with Crippen molar-refractivity contribution in [2.24, 2.45) is 7.05 Å². The number of carbonyl (C=O) groups is 2. The SMILES string of the molecule is COc1ccc(CCN(C(=O)c2cnccn2)[C@@H](C(=O)NC2CCCCC2)c2cn(C)nc2C)cc1OC. The lowest BCUT2D eigenvalue weighted by Crippen LogP contribution is -2.48. The van der Waals surface area contributed by atoms with Gasteiger partial charge in [0.15, 0.2) is 11.5 Å². The third-order valence-corrected chi connectivity index (χ3v) is 6.99. The maximum atomic E-state index is 13.9. The molecule has 3 aromatic rings. The number of amides is 2. The van der Waals surface area contributed by atoms with E-state index in [0.717, 1.165) is 31.2 Å². The molecule has 202 valence electrons. The molecule has 0 aliphatic heterocycles. The van der Waals surface area contributed by atoms with Crippen LogP contribution in [0.25, 0.3) is 0 Å². The molecule has 1 fully saturated rings. The van der Waals surface area contributed by atoms with Crippen LogP contribution in [0.5, 0.6) is 11.5 Å². The van der Waals surface area contributed by atoms with Crippen molar-refractivity contribution in [3.63, 3.8) is 0 Å². The maximum Gasteiger partial charge on any atom is 0.275 e. The molecule has 0 radical (unpaired) electrons. The number of nitrogens with one attached hydrogen (secondary N) is 1. The van der Waals surface area contributed by atoms with Gasteiger partial charge >= 0.3 is 0 Å². The summed E-state index contributed by atoms with van der Waals surface area (Å²) in [5.41, 5.74) is 2.50. The van der Waals surface area contributed by atoms with Crippen molar-refractivity contribution in [1.82, 2.24) is 30.0 Å². The fourth-order valence-corrected chi connectivity index (χ4v) is 5.05. The molecule has 0 spiro atoms. The molecule has 10 nitrogen and oxygen atoms in total. The first-order valence-corrected chi connectivity index (χ1v) is 13.0. The van der Waals surface area contributed by atoms with Crippen LogP contribution in [-0.2, 0) is 18.3 Å². The molecule has 2 aromatic heterocycles. The average Bonchev–Trinajstić information content (AvgIpc) is 3.28. The zero-order chi connectivity index (χ0) is 27.1. The Kier molecular flexibility index (Phi) is 8.93. The van der Waals surface area contributed by atoms with E-state index >= 15 is 0 Å². The van der Waals surface area contributed by atoms with Crippen LogP contribution < -0.4 is 14.8 Å². The van der Waals surface area contributed by atoms with Gasteiger partial charge in [-0.15, -0.1) is 0 Å². The first kappa shape index (κ1) is 27.1. The topological polar surface area (TPSA) is 111 Å². The Morgan fingerprint density at radius 1 is 1.13 bits per heavy atom. The molecule has 1 aliphatic rings. The van der Waals surface area contributed by atoms with Crippen LogP contribution >= 0.6 is 0 Å². The summed E-state index contributed by atoms with van der Waals surface area (Å²) in [6, 6.07) is 4.87. The van der Waals surface area contributed by atoms with Gasteiger partial charge in [0.2, 0.25) is 5.91 Å². The molecule has 10 heteroatoms. The lowest BCUT2D eigenvalue weighted by Gasteiger charge is -2.33. The molecule has 1 aromatic carbocycles. The van der Waals surface area contributed by atoms with Crippen LogP contribution in [-0.4, -0.2) is 63.3 Å². The lowest BCUT2D eigenvalue weighted by atomic mass is 9.94. The van der Waals surface area contributed by atoms with Crippen LogP contribution in [0.2, 0.25) is 0 Å². The van der Waals surface area contributed by atoms with Gasteiger partial charge in [-0.25, -0.2) is 4.98 Å². The largest absolute Gasteiger partial charge is 0.493 e. The van der Waals surface area contributed by atoms with Crippen molar-refractivity contribution in [3.8, 4) is 11.5 Å². The minimum Gasteiger partial charge on any atom is -0.493 e. The van der Waals surface area contributed by atoms with Gasteiger partial charge in [-0.05, 0) is 43.9 Å². The highest BCUT2D eigenvalue weighted by Crippen LogP contribution is 2.30. The highest BCUT2D eigenvalue weighted by Gasteiger charge is 2.36. The third kappa shape index (κ3) is 6.30. The highest BCUT2D eigenvalue weighted by atomic mass is 16.5. The van der Waals surface area contributed by atoms with E-state index < -0.39 is 6.04 Å². The number of carbonyl (C=O) groups excluding carboxylic acids is 2. The van der Waals surface area contributed by atoms with Crippen LogP contribution in [0.4, 0.5) is 0 Å². The number of rotatable bonds is 10. The minimum atomic E-state index is -0.875. The lowest BCUT2D eigenvalue weighted by molar-refractivity contribution is -0.126. The first-order valence-electron chi connectivity index (χ1n) is 13.0. The van der Waals surface area contributed by atoms with E-state index in [4.69, 9.17) is 9.47 Å². The Bertz CT molecular complexity index is 1240. The van der Waals surface area contributed by atoms with Crippen molar-refractivity contribution in [3.05, 3.63) is 65.5 Å². The fourth-order valence-electron chi connectivity index (χ4n) is 5.05. The summed E-state index contributed by atoms with van der Waals surface area (Å²) in [5, 5.41) is 7.71. The van der Waals surface area contributed by atoms with Crippen molar-refractivity contribution in [1.29, 1.82) is 0 Å². The molecule has 0 saturated heterocycles. The van der Waals surface area contributed by atoms with Gasteiger partial charge in [-0.1, -0.05) is 25.3 Å². The van der Waals surface area contributed by atoms with E-state index in [-0.39, 0.29) is 30.1 Å². The number of hydrogen-bond acceptors (Lipinski definition) is 7. The molecule has 0 bridgehead atoms. The minimum absolute atomic E-state index is 0.0926. The third-order valence-electron chi connectivity index (χ3n) is 6.99. The normalized spacial score (nSPS) is 14.5. The van der Waals surface area contributed by atoms with Gasteiger partial charge in [0.1, 0.15) is 11.7 Å². The molecule has 2 heterocycles. The number of benzene rings is 1. The predicted octanol–water partition coefficient (Wildman–Crippen LogP) is 3.41. The summed E-state index contributed by atoms with van der Waals surface area (Å²) in [5.74, 6) is 0.647. The van der Waals surface area contributed by atoms with E-state index in [0.29, 0.717) is 29.2 Å². The van der Waals surface area contributed by atoms with E-state index in [2.05, 4.69) is 20.4 Å². The summed E-state index contributed by atoms with van der Waals surface area (Å²) in [6.45, 7) is 2.12. The number of methoxy groups -OCH3 is 2. The standard InChI is InChI=1S/C28H36N6O4/c1-19-22(18-33(2)32-19)26(27(35)31-21-8-6-5-7-9-21)34(28(36)23-17-29-13-14-30-23)15-12-20-10-11-24(37-3)25(16-20)38-4/h10-11,13-14,16-18,21,26H,5-9,12,15H2,1-4H3,(H,31,35)/t26-/m1/s1. The Balaban J connectivity index is 1.70. The Morgan fingerprint density at radius 3 is 2.53 bits per heavy atom. The molecule has 1 aliphatic carbocycles. The second-order valence-electron chi connectivity index (χ2n) is 9.62. The van der Waals surface area contributed by atoms with Crippen LogP contribution in [0.1, 0.15) is 65.5 Å². The predicted molar refractivity (Wildman–Crippen MR) is 142 cm³/mol. The molecule has 1 saturated carbocycles. The summed E-state index contributed by atoms with van der Waals surface area (Å²) < 4.78 is 12.5. The second-order valence-corrected chi connectivity index (χ2v) is 9.62. The Hall–Kier alpha value is -3.95. The van der Waals surface area contributed by atoms with Crippen molar-refractivity contribution < 1.29 is 19.1 Å². The van der Waals surface area contributed by atoms with E-state index in [1.54, 1.807) is 23.8 Å². The monoisotopic (exact) mass is 520 g/mol. The van der Waals surface area contributed by atoms with Gasteiger partial charge in [-0.2, -0.15) is 5.10 Å². The molecule has 0 unspecified atom stereocenters. The smallest absolute Gasteiger partial charge is 0.275 e. The second kappa shape index (κ2) is 12.5. The Labute approximate surface area is 223 Å². The number of nitrogens with zero attached hydrogens (tertiary/aromatic N) is 5. The average molecular weight is 521 g/mol. The maximum absolute atomic E-state index is 13.9. The summed E-state index contributed by atoms with van der Waals surface area (Å²) in [6.07, 6.45) is 12.0. The van der Waals surface area contributed by atoms with Crippen LogP contribution in [0.15, 0.2) is 43.0 Å². The molecular formula is C28H36N6O4. The van der Waals surface area contributed by atoms with Gasteiger partial charge in [0.05, 0.1) is 26.1 Å². The van der Waals surface area contributed by atoms with Crippen molar-refractivity contribution in [2.45, 2.75) is 57.5 Å². The molecular weight excluding hydrogens is 484 g/mol. The number of aromatic nitrogens is 4. The van der Waals surface area contributed by atoms with Crippen LogP contribution in [0, 0.1) is 6.92 Å². The van der Waals surface area contributed by atoms with Gasteiger partial charge < -0.3 is 19.7 Å². The van der Waals surface area contributed by atoms with Gasteiger partial charge in [-0.3, -0.25) is 19.3 Å². The summed E-state index contributed by atoms with van der Waals surface area (Å²) in [4.78, 5) is 37.7. The van der Waals surface area contributed by atoms with Gasteiger partial charge in [0.25, 0.3) is 5.91 Å². The zero-order valence-electron chi connectivity index (χ0n) is 22.5. The van der Waals surface area contributed by atoms with Crippen molar-refractivity contribution >= 4 is 11.8 Å². The van der Waals surface area contributed by atoms with E-state index in [1.807, 2.05) is 38.4 Å². The molecule has 4 rings (SSSR count). The van der Waals surface area contributed by atoms with E-state index in [9.17, 15) is 9.59 Å². The molecule has 1 atom stereocenters. The first-order chi connectivity index (χ1) is 18.4. The van der Waals surface area contributed by atoms with Gasteiger partial charge in [0, 0.05) is 43.8 Å². The quantitative estimate of drug-likeness (QED) is 0.436. The van der Waals surface area contributed by atoms with Crippen LogP contribution in [0.3, 0.4) is 0 Å². The summed E-state index contributed by atoms with van der Waals surface area (Å²) >= 11 is 0. The summed E-state index contributed by atoms with van der Waals surface area (Å²) in [7, 11) is 4.98. The highest BCUT2D eigenvalue weighted by molar-refractivity contribution is 5.96. The van der Waals surface area contributed by atoms with E-state index in [1.165, 1.54) is 25.0 Å². The molecule has 2 amide bonds. The Morgan fingerprint density at radius 2 is 1.89 bits per heavy atom. The fraction of sp³-hybridized carbons (Fsp3) is 0.464. The molecule has 38 heavy (non-hydrogen) atoms. The number of hydrogen-bond donors (Lipinski definition) is 1. The number of ether oxygens (including phenoxy) is 2. The molecule has 1 N–H and O–H groups in total. The van der Waals surface area contributed by atoms with Crippen molar-refractivity contribution in [2.75, 3.05) is 20.8 Å². The zero-order valence-corrected chi connectivity index (χ0v) is 22.5. The number of aryl methyl sites for hydroxylation is 2.